The lowest BCUT2D eigenvalue weighted by Gasteiger charge is -2.11. The molecule has 0 aliphatic carbocycles. The highest BCUT2D eigenvalue weighted by atomic mass is 35.5. The predicted octanol–water partition coefficient (Wildman–Crippen LogP) is 2.51. The van der Waals surface area contributed by atoms with Crippen LogP contribution in [0.1, 0.15) is 0 Å². The van der Waals surface area contributed by atoms with E-state index in [1.165, 1.54) is 18.3 Å². The van der Waals surface area contributed by atoms with Crippen molar-refractivity contribution in [3.8, 4) is 11.6 Å². The Morgan fingerprint density at radius 1 is 1.26 bits per heavy atom. The first-order chi connectivity index (χ1) is 8.89. The lowest BCUT2D eigenvalue weighted by atomic mass is 10.3. The Hall–Kier alpha value is -1.79. The van der Waals surface area contributed by atoms with Crippen molar-refractivity contribution < 1.29 is 13.2 Å². The average molecular weight is 299 g/mol. The summed E-state index contributed by atoms with van der Waals surface area (Å²) >= 11 is 5.96. The molecule has 0 spiro atoms. The minimum atomic E-state index is -3.45. The van der Waals surface area contributed by atoms with E-state index < -0.39 is 9.84 Å². The molecule has 0 fully saturated rings. The van der Waals surface area contributed by atoms with E-state index in [1.54, 1.807) is 18.2 Å². The molecule has 2 rings (SSSR count). The number of nitrogens with zero attached hydrogens (tertiary/aromatic N) is 1. The Kier molecular flexibility index (Phi) is 3.64. The molecule has 2 N–H and O–H groups in total. The second kappa shape index (κ2) is 5.07. The summed E-state index contributed by atoms with van der Waals surface area (Å²) in [6.45, 7) is 0. The van der Waals surface area contributed by atoms with Crippen LogP contribution in [0.25, 0.3) is 0 Å². The van der Waals surface area contributed by atoms with Crippen molar-refractivity contribution >= 4 is 27.1 Å². The van der Waals surface area contributed by atoms with Crippen LogP contribution in [-0.4, -0.2) is 19.7 Å². The summed E-state index contributed by atoms with van der Waals surface area (Å²) in [5.74, 6) is 0.137. The molecule has 1 heterocycles. The molecule has 1 aromatic carbocycles. The number of hydrogen-bond donors (Lipinski definition) is 1. The lowest BCUT2D eigenvalue weighted by molar-refractivity contribution is 0.449. The van der Waals surface area contributed by atoms with E-state index in [0.29, 0.717) is 5.69 Å². The Morgan fingerprint density at radius 2 is 2.00 bits per heavy atom. The van der Waals surface area contributed by atoms with Crippen LogP contribution in [0, 0.1) is 0 Å². The van der Waals surface area contributed by atoms with Crippen LogP contribution in [0.2, 0.25) is 5.02 Å². The Bertz CT molecular complexity index is 696. The van der Waals surface area contributed by atoms with Gasteiger partial charge < -0.3 is 10.5 Å². The van der Waals surface area contributed by atoms with Gasteiger partial charge in [-0.3, -0.25) is 0 Å². The van der Waals surface area contributed by atoms with Gasteiger partial charge in [0.05, 0.1) is 10.7 Å². The molecule has 0 aliphatic heterocycles. The molecule has 0 saturated carbocycles. The first-order valence-electron chi connectivity index (χ1n) is 5.26. The van der Waals surface area contributed by atoms with Crippen molar-refractivity contribution in [2.24, 2.45) is 0 Å². The van der Waals surface area contributed by atoms with Gasteiger partial charge in [-0.25, -0.2) is 13.4 Å². The van der Waals surface area contributed by atoms with E-state index in [4.69, 9.17) is 22.1 Å². The fourth-order valence-corrected chi connectivity index (χ4v) is 2.42. The summed E-state index contributed by atoms with van der Waals surface area (Å²) in [5.41, 5.74) is 6.05. The van der Waals surface area contributed by atoms with Crippen LogP contribution in [-0.2, 0) is 9.84 Å². The van der Waals surface area contributed by atoms with Gasteiger partial charge in [-0.1, -0.05) is 17.7 Å². The SMILES string of the molecule is CS(=O)(=O)c1cccnc1Oc1c(N)cccc1Cl. The maximum Gasteiger partial charge on any atom is 0.238 e. The minimum absolute atomic E-state index is 0.0191. The number of aromatic nitrogens is 1. The molecule has 19 heavy (non-hydrogen) atoms. The summed E-state index contributed by atoms with van der Waals surface area (Å²) in [6.07, 6.45) is 2.50. The Labute approximate surface area is 115 Å². The zero-order valence-corrected chi connectivity index (χ0v) is 11.6. The highest BCUT2D eigenvalue weighted by molar-refractivity contribution is 7.90. The number of sulfone groups is 1. The quantitative estimate of drug-likeness (QED) is 0.880. The molecule has 0 atom stereocenters. The summed E-state index contributed by atoms with van der Waals surface area (Å²) in [4.78, 5) is 3.89. The van der Waals surface area contributed by atoms with E-state index in [2.05, 4.69) is 4.98 Å². The van der Waals surface area contributed by atoms with E-state index in [1.807, 2.05) is 0 Å². The smallest absolute Gasteiger partial charge is 0.238 e. The van der Waals surface area contributed by atoms with Gasteiger partial charge in [0.25, 0.3) is 0 Å². The standard InChI is InChI=1S/C12H11ClN2O3S/c1-19(16,17)10-6-3-7-15-12(10)18-11-8(13)4-2-5-9(11)14/h2-7H,14H2,1H3. The number of anilines is 1. The van der Waals surface area contributed by atoms with Crippen LogP contribution in [0.3, 0.4) is 0 Å². The van der Waals surface area contributed by atoms with Crippen LogP contribution in [0.15, 0.2) is 41.4 Å². The normalized spacial score (nSPS) is 11.3. The number of ether oxygens (including phenoxy) is 1. The van der Waals surface area contributed by atoms with Gasteiger partial charge in [-0.05, 0) is 24.3 Å². The maximum atomic E-state index is 11.6. The molecular weight excluding hydrogens is 288 g/mol. The molecule has 0 radical (unpaired) electrons. The van der Waals surface area contributed by atoms with Gasteiger partial charge in [0.2, 0.25) is 5.88 Å². The van der Waals surface area contributed by atoms with Gasteiger partial charge in [0.1, 0.15) is 4.90 Å². The molecule has 0 saturated heterocycles. The largest absolute Gasteiger partial charge is 0.434 e. The number of halogens is 1. The number of nitrogen functional groups attached to an aromatic ring is 1. The average Bonchev–Trinajstić information content (AvgIpc) is 2.33. The van der Waals surface area contributed by atoms with Crippen molar-refractivity contribution in [3.05, 3.63) is 41.6 Å². The number of nitrogens with two attached hydrogens (primary N) is 1. The summed E-state index contributed by atoms with van der Waals surface area (Å²) in [6, 6.07) is 7.78. The van der Waals surface area contributed by atoms with E-state index in [0.717, 1.165) is 6.26 Å². The molecule has 5 nitrogen and oxygen atoms in total. The van der Waals surface area contributed by atoms with Crippen molar-refractivity contribution in [1.29, 1.82) is 0 Å². The lowest BCUT2D eigenvalue weighted by Crippen LogP contribution is -2.03. The van der Waals surface area contributed by atoms with Gasteiger partial charge >= 0.3 is 0 Å². The summed E-state index contributed by atoms with van der Waals surface area (Å²) in [5, 5.41) is 0.283. The van der Waals surface area contributed by atoms with E-state index >= 15 is 0 Å². The van der Waals surface area contributed by atoms with Gasteiger partial charge in [-0.15, -0.1) is 0 Å². The first kappa shape index (κ1) is 13.6. The summed E-state index contributed by atoms with van der Waals surface area (Å²) in [7, 11) is -3.45. The van der Waals surface area contributed by atoms with Crippen LogP contribution in [0.5, 0.6) is 11.6 Å². The van der Waals surface area contributed by atoms with Crippen molar-refractivity contribution in [1.82, 2.24) is 4.98 Å². The van der Waals surface area contributed by atoms with Crippen LogP contribution >= 0.6 is 11.6 Å². The highest BCUT2D eigenvalue weighted by Gasteiger charge is 2.17. The number of hydrogen-bond acceptors (Lipinski definition) is 5. The van der Waals surface area contributed by atoms with Crippen molar-refractivity contribution in [2.45, 2.75) is 4.90 Å². The predicted molar refractivity (Wildman–Crippen MR) is 73.3 cm³/mol. The fraction of sp³-hybridized carbons (Fsp3) is 0.0833. The second-order valence-electron chi connectivity index (χ2n) is 3.84. The molecule has 0 aliphatic rings. The van der Waals surface area contributed by atoms with Crippen molar-refractivity contribution in [2.75, 3.05) is 12.0 Å². The molecule has 1 aromatic heterocycles. The van der Waals surface area contributed by atoms with E-state index in [-0.39, 0.29) is 21.5 Å². The van der Waals surface area contributed by atoms with Gasteiger partial charge in [-0.2, -0.15) is 0 Å². The molecule has 7 heteroatoms. The molecular formula is C12H11ClN2O3S. The number of pyridine rings is 1. The maximum absolute atomic E-state index is 11.6. The van der Waals surface area contributed by atoms with E-state index in [9.17, 15) is 8.42 Å². The van der Waals surface area contributed by atoms with Crippen LogP contribution in [0.4, 0.5) is 5.69 Å². The van der Waals surface area contributed by atoms with Gasteiger partial charge in [0, 0.05) is 12.5 Å². The molecule has 2 aromatic rings. The summed E-state index contributed by atoms with van der Waals surface area (Å²) < 4.78 is 28.7. The van der Waals surface area contributed by atoms with Crippen LogP contribution < -0.4 is 10.5 Å². The number of rotatable bonds is 3. The van der Waals surface area contributed by atoms with Crippen molar-refractivity contribution in [3.63, 3.8) is 0 Å². The third-order valence-electron chi connectivity index (χ3n) is 2.33. The number of benzene rings is 1. The second-order valence-corrected chi connectivity index (χ2v) is 6.23. The molecule has 100 valence electrons. The molecule has 0 amide bonds. The topological polar surface area (TPSA) is 82.3 Å². The first-order valence-corrected chi connectivity index (χ1v) is 7.53. The highest BCUT2D eigenvalue weighted by Crippen LogP contribution is 2.35. The molecule has 0 bridgehead atoms. The Morgan fingerprint density at radius 3 is 2.63 bits per heavy atom. The zero-order chi connectivity index (χ0) is 14.0. The molecule has 0 unspecified atom stereocenters. The minimum Gasteiger partial charge on any atom is -0.434 e. The Balaban J connectivity index is 2.51. The monoisotopic (exact) mass is 298 g/mol. The number of para-hydroxylation sites is 1. The fourth-order valence-electron chi connectivity index (χ4n) is 1.46. The van der Waals surface area contributed by atoms with Gasteiger partial charge in [0.15, 0.2) is 15.6 Å². The third-order valence-corrected chi connectivity index (χ3v) is 3.74. The zero-order valence-electron chi connectivity index (χ0n) is 10.00. The third kappa shape index (κ3) is 2.97.